The molecule has 0 bridgehead atoms. The van der Waals surface area contributed by atoms with Gasteiger partial charge in [0.2, 0.25) is 5.82 Å². The summed E-state index contributed by atoms with van der Waals surface area (Å²) in [6.45, 7) is 6.27. The maximum atomic E-state index is 11.2. The van der Waals surface area contributed by atoms with Crippen molar-refractivity contribution >= 4 is 28.8 Å². The van der Waals surface area contributed by atoms with Crippen molar-refractivity contribution in [2.75, 3.05) is 29.9 Å². The van der Waals surface area contributed by atoms with Crippen LogP contribution in [0.4, 0.5) is 17.2 Å². The summed E-state index contributed by atoms with van der Waals surface area (Å²) in [5.74, 6) is 0.882. The first-order valence-corrected chi connectivity index (χ1v) is 8.67. The number of rotatable bonds is 5. The molecule has 0 spiro atoms. The van der Waals surface area contributed by atoms with Gasteiger partial charge in [0.15, 0.2) is 0 Å². The van der Waals surface area contributed by atoms with E-state index in [9.17, 15) is 10.1 Å². The Bertz CT molecular complexity index is 805. The van der Waals surface area contributed by atoms with Crippen LogP contribution in [0.25, 0.3) is 0 Å². The van der Waals surface area contributed by atoms with Crippen LogP contribution in [0.2, 0.25) is 5.02 Å². The molecule has 2 aromatic rings. The van der Waals surface area contributed by atoms with Gasteiger partial charge >= 0.3 is 5.69 Å². The van der Waals surface area contributed by atoms with Crippen LogP contribution in [0.3, 0.4) is 0 Å². The van der Waals surface area contributed by atoms with Crippen molar-refractivity contribution in [1.29, 1.82) is 0 Å². The summed E-state index contributed by atoms with van der Waals surface area (Å²) in [5.41, 5.74) is 2.86. The third-order valence-electron chi connectivity index (χ3n) is 4.73. The summed E-state index contributed by atoms with van der Waals surface area (Å²) in [6.07, 6.45) is 1.03. The number of hydrogen-bond acceptors (Lipinski definition) is 5. The van der Waals surface area contributed by atoms with E-state index in [4.69, 9.17) is 11.6 Å². The van der Waals surface area contributed by atoms with Crippen molar-refractivity contribution in [3.8, 4) is 0 Å². The minimum atomic E-state index is -0.374. The van der Waals surface area contributed by atoms with Crippen molar-refractivity contribution in [1.82, 2.24) is 9.78 Å². The molecule has 1 aliphatic rings. The molecule has 0 radical (unpaired) electrons. The zero-order valence-electron chi connectivity index (χ0n) is 14.6. The lowest BCUT2D eigenvalue weighted by atomic mass is 10.1. The lowest BCUT2D eigenvalue weighted by Crippen LogP contribution is -2.23. The molecule has 1 atom stereocenters. The molecule has 1 saturated heterocycles. The molecule has 134 valence electrons. The standard InChI is InChI=1S/C17H22ClN5O2/c1-11-4-5-14(18)8-15(11)22-7-6-13(10-22)9-19-17-16(23(24)25)12(2)20-21(17)3/h4-5,8,13,19H,6-7,9-10H2,1-3H3. The normalized spacial score (nSPS) is 17.1. The summed E-state index contributed by atoms with van der Waals surface area (Å²) in [5, 5.41) is 19.4. The lowest BCUT2D eigenvalue weighted by molar-refractivity contribution is -0.384. The van der Waals surface area contributed by atoms with Gasteiger partial charge in [-0.2, -0.15) is 5.10 Å². The fourth-order valence-corrected chi connectivity index (χ4v) is 3.61. The smallest absolute Gasteiger partial charge is 0.333 e. The Kier molecular flexibility index (Phi) is 4.85. The minimum absolute atomic E-state index is 0.0584. The van der Waals surface area contributed by atoms with Crippen molar-refractivity contribution in [2.24, 2.45) is 13.0 Å². The van der Waals surface area contributed by atoms with E-state index in [0.29, 0.717) is 24.0 Å². The van der Waals surface area contributed by atoms with E-state index >= 15 is 0 Å². The first-order valence-electron chi connectivity index (χ1n) is 8.29. The molecule has 1 fully saturated rings. The third-order valence-corrected chi connectivity index (χ3v) is 4.96. The highest BCUT2D eigenvalue weighted by molar-refractivity contribution is 6.30. The Morgan fingerprint density at radius 1 is 1.44 bits per heavy atom. The van der Waals surface area contributed by atoms with Crippen LogP contribution < -0.4 is 10.2 Å². The molecule has 1 N–H and O–H groups in total. The predicted molar refractivity (Wildman–Crippen MR) is 99.6 cm³/mol. The topological polar surface area (TPSA) is 76.2 Å². The second-order valence-electron chi connectivity index (χ2n) is 6.58. The fraction of sp³-hybridized carbons (Fsp3) is 0.471. The van der Waals surface area contributed by atoms with E-state index in [1.165, 1.54) is 5.56 Å². The highest BCUT2D eigenvalue weighted by atomic mass is 35.5. The number of aromatic nitrogens is 2. The highest BCUT2D eigenvalue weighted by Crippen LogP contribution is 2.31. The highest BCUT2D eigenvalue weighted by Gasteiger charge is 2.27. The summed E-state index contributed by atoms with van der Waals surface area (Å²) < 4.78 is 1.54. The molecule has 8 heteroatoms. The van der Waals surface area contributed by atoms with Crippen LogP contribution in [0.1, 0.15) is 17.7 Å². The second kappa shape index (κ2) is 6.92. The van der Waals surface area contributed by atoms with Crippen molar-refractivity contribution < 1.29 is 4.92 Å². The predicted octanol–water partition coefficient (Wildman–Crippen LogP) is 3.54. The maximum Gasteiger partial charge on any atom is 0.333 e. The number of nitrogens with zero attached hydrogens (tertiary/aromatic N) is 4. The van der Waals surface area contributed by atoms with Gasteiger partial charge in [0.05, 0.1) is 4.92 Å². The molecule has 0 aliphatic carbocycles. The van der Waals surface area contributed by atoms with Crippen LogP contribution in [0.5, 0.6) is 0 Å². The molecule has 1 aromatic heterocycles. The first-order chi connectivity index (χ1) is 11.9. The molecule has 7 nitrogen and oxygen atoms in total. The SMILES string of the molecule is Cc1ccc(Cl)cc1N1CCC(CNc2c([N+](=O)[O-])c(C)nn2C)C1. The van der Waals surface area contributed by atoms with Gasteiger partial charge in [-0.3, -0.25) is 10.1 Å². The van der Waals surface area contributed by atoms with E-state index in [0.717, 1.165) is 30.2 Å². The molecule has 2 heterocycles. The third kappa shape index (κ3) is 3.56. The number of hydrogen-bond donors (Lipinski definition) is 1. The van der Waals surface area contributed by atoms with Gasteiger partial charge in [0.25, 0.3) is 0 Å². The number of aryl methyl sites for hydroxylation is 3. The number of nitro groups is 1. The average Bonchev–Trinajstić information content (AvgIpc) is 3.11. The van der Waals surface area contributed by atoms with Gasteiger partial charge in [-0.15, -0.1) is 0 Å². The Hall–Kier alpha value is -2.28. The van der Waals surface area contributed by atoms with Gasteiger partial charge < -0.3 is 10.2 Å². The van der Waals surface area contributed by atoms with E-state index in [1.54, 1.807) is 18.7 Å². The molecular weight excluding hydrogens is 342 g/mol. The van der Waals surface area contributed by atoms with Crippen LogP contribution in [0, 0.1) is 29.9 Å². The molecule has 1 unspecified atom stereocenters. The van der Waals surface area contributed by atoms with E-state index in [-0.39, 0.29) is 10.6 Å². The molecular formula is C17H22ClN5O2. The number of nitrogens with one attached hydrogen (secondary N) is 1. The maximum absolute atomic E-state index is 11.2. The zero-order valence-corrected chi connectivity index (χ0v) is 15.4. The van der Waals surface area contributed by atoms with Crippen molar-refractivity contribution in [3.05, 3.63) is 44.6 Å². The molecule has 3 rings (SSSR count). The molecule has 0 amide bonds. The quantitative estimate of drug-likeness (QED) is 0.649. The van der Waals surface area contributed by atoms with Gasteiger partial charge in [-0.25, -0.2) is 4.68 Å². The Balaban J connectivity index is 1.67. The molecule has 1 aliphatic heterocycles. The Labute approximate surface area is 151 Å². The van der Waals surface area contributed by atoms with E-state index in [1.807, 2.05) is 18.2 Å². The largest absolute Gasteiger partial charge is 0.371 e. The zero-order chi connectivity index (χ0) is 18.1. The number of halogens is 1. The Morgan fingerprint density at radius 3 is 2.92 bits per heavy atom. The Morgan fingerprint density at radius 2 is 2.20 bits per heavy atom. The summed E-state index contributed by atoms with van der Waals surface area (Å²) in [6, 6.07) is 5.94. The monoisotopic (exact) mass is 363 g/mol. The summed E-state index contributed by atoms with van der Waals surface area (Å²) >= 11 is 6.13. The molecule has 1 aromatic carbocycles. The number of benzene rings is 1. The summed E-state index contributed by atoms with van der Waals surface area (Å²) in [4.78, 5) is 13.2. The van der Waals surface area contributed by atoms with Gasteiger partial charge in [0, 0.05) is 37.4 Å². The van der Waals surface area contributed by atoms with Gasteiger partial charge in [-0.05, 0) is 43.9 Å². The molecule has 25 heavy (non-hydrogen) atoms. The van der Waals surface area contributed by atoms with E-state index < -0.39 is 0 Å². The van der Waals surface area contributed by atoms with Gasteiger partial charge in [-0.1, -0.05) is 17.7 Å². The van der Waals surface area contributed by atoms with Gasteiger partial charge in [0.1, 0.15) is 5.69 Å². The van der Waals surface area contributed by atoms with Crippen LogP contribution in [-0.2, 0) is 7.05 Å². The fourth-order valence-electron chi connectivity index (χ4n) is 3.45. The van der Waals surface area contributed by atoms with E-state index in [2.05, 4.69) is 22.2 Å². The van der Waals surface area contributed by atoms with Crippen LogP contribution >= 0.6 is 11.6 Å². The second-order valence-corrected chi connectivity index (χ2v) is 7.01. The molecule has 0 saturated carbocycles. The lowest BCUT2D eigenvalue weighted by Gasteiger charge is -2.21. The van der Waals surface area contributed by atoms with Crippen molar-refractivity contribution in [3.63, 3.8) is 0 Å². The summed E-state index contributed by atoms with van der Waals surface area (Å²) in [7, 11) is 1.72. The first kappa shape index (κ1) is 17.5. The minimum Gasteiger partial charge on any atom is -0.371 e. The van der Waals surface area contributed by atoms with Crippen LogP contribution in [0.15, 0.2) is 18.2 Å². The van der Waals surface area contributed by atoms with Crippen LogP contribution in [-0.4, -0.2) is 34.3 Å². The van der Waals surface area contributed by atoms with Crippen molar-refractivity contribution in [2.45, 2.75) is 20.3 Å². The number of anilines is 2. The average molecular weight is 364 g/mol.